The van der Waals surface area contributed by atoms with Crippen molar-refractivity contribution in [3.8, 4) is 17.0 Å². The molecule has 1 aromatic heterocycles. The maximum absolute atomic E-state index is 12.7. The zero-order valence-corrected chi connectivity index (χ0v) is 15.3. The van der Waals surface area contributed by atoms with Crippen molar-refractivity contribution >= 4 is 11.6 Å². The summed E-state index contributed by atoms with van der Waals surface area (Å²) in [5.74, 6) is 1.45. The predicted octanol–water partition coefficient (Wildman–Crippen LogP) is 4.41. The lowest BCUT2D eigenvalue weighted by Gasteiger charge is -2.14. The molecule has 0 aliphatic heterocycles. The molecule has 0 atom stereocenters. The van der Waals surface area contributed by atoms with Gasteiger partial charge in [-0.1, -0.05) is 38.8 Å². The molecule has 1 fully saturated rings. The number of nitrogens with one attached hydrogen (secondary N) is 2. The number of benzene rings is 1. The van der Waals surface area contributed by atoms with E-state index in [1.807, 2.05) is 24.3 Å². The Bertz CT molecular complexity index is 730. The Morgan fingerprint density at radius 1 is 1.32 bits per heavy atom. The van der Waals surface area contributed by atoms with E-state index in [2.05, 4.69) is 29.4 Å². The number of carbonyl (C=O) groups is 1. The minimum atomic E-state index is 0.111. The Morgan fingerprint density at radius 3 is 2.72 bits per heavy atom. The van der Waals surface area contributed by atoms with Gasteiger partial charge in [-0.05, 0) is 37.3 Å². The maximum atomic E-state index is 12.7. The lowest BCUT2D eigenvalue weighted by molar-refractivity contribution is -0.119. The van der Waals surface area contributed by atoms with Crippen LogP contribution in [0.5, 0.6) is 5.75 Å². The number of aromatic amines is 1. The SMILES string of the molecule is COc1ccccc1-c1n[nH]c(CC(C)C)c1NC(=O)C1CCCC1. The summed E-state index contributed by atoms with van der Waals surface area (Å²) in [5.41, 5.74) is 3.41. The molecular weight excluding hydrogens is 314 g/mol. The zero-order chi connectivity index (χ0) is 17.8. The summed E-state index contributed by atoms with van der Waals surface area (Å²) in [6.45, 7) is 4.32. The summed E-state index contributed by atoms with van der Waals surface area (Å²) in [7, 11) is 1.65. The molecule has 0 bridgehead atoms. The lowest BCUT2D eigenvalue weighted by atomic mass is 10.0. The number of anilines is 1. The van der Waals surface area contributed by atoms with E-state index in [4.69, 9.17) is 4.74 Å². The molecular formula is C20H27N3O2. The van der Waals surface area contributed by atoms with Gasteiger partial charge in [-0.25, -0.2) is 0 Å². The standard InChI is InChI=1S/C20H27N3O2/c1-13(2)12-16-19(21-20(24)14-8-4-5-9-14)18(23-22-16)15-10-6-7-11-17(15)25-3/h6-7,10-11,13-14H,4-5,8-9,12H2,1-3H3,(H,21,24)(H,22,23). The topological polar surface area (TPSA) is 67.0 Å². The summed E-state index contributed by atoms with van der Waals surface area (Å²) < 4.78 is 5.48. The van der Waals surface area contributed by atoms with Crippen molar-refractivity contribution in [2.24, 2.45) is 11.8 Å². The summed E-state index contributed by atoms with van der Waals surface area (Å²) in [6, 6.07) is 7.77. The number of rotatable bonds is 6. The number of hydrogen-bond acceptors (Lipinski definition) is 3. The molecule has 1 heterocycles. The van der Waals surface area contributed by atoms with E-state index in [1.165, 1.54) is 0 Å². The van der Waals surface area contributed by atoms with E-state index in [1.54, 1.807) is 7.11 Å². The number of nitrogens with zero attached hydrogens (tertiary/aromatic N) is 1. The van der Waals surface area contributed by atoms with Crippen LogP contribution in [0.25, 0.3) is 11.3 Å². The summed E-state index contributed by atoms with van der Waals surface area (Å²) >= 11 is 0. The highest BCUT2D eigenvalue weighted by molar-refractivity contribution is 5.97. The van der Waals surface area contributed by atoms with E-state index in [0.717, 1.165) is 60.5 Å². The molecule has 0 spiro atoms. The van der Waals surface area contributed by atoms with Crippen LogP contribution in [0, 0.1) is 11.8 Å². The molecule has 2 aromatic rings. The van der Waals surface area contributed by atoms with Crippen LogP contribution in [-0.2, 0) is 11.2 Å². The first-order chi connectivity index (χ1) is 12.1. The fourth-order valence-corrected chi connectivity index (χ4v) is 3.52. The minimum Gasteiger partial charge on any atom is -0.496 e. The van der Waals surface area contributed by atoms with Crippen molar-refractivity contribution in [1.29, 1.82) is 0 Å². The van der Waals surface area contributed by atoms with Gasteiger partial charge in [-0.15, -0.1) is 0 Å². The number of amides is 1. The molecule has 5 heteroatoms. The second-order valence-corrected chi connectivity index (χ2v) is 7.19. The fraction of sp³-hybridized carbons (Fsp3) is 0.500. The number of ether oxygens (including phenoxy) is 1. The number of H-pyrrole nitrogens is 1. The third kappa shape index (κ3) is 3.86. The molecule has 0 unspecified atom stereocenters. The molecule has 3 rings (SSSR count). The third-order valence-electron chi connectivity index (χ3n) is 4.79. The van der Waals surface area contributed by atoms with Gasteiger partial charge in [0.1, 0.15) is 11.4 Å². The Labute approximate surface area is 149 Å². The van der Waals surface area contributed by atoms with Crippen LogP contribution < -0.4 is 10.1 Å². The molecule has 5 nitrogen and oxygen atoms in total. The molecule has 134 valence electrons. The molecule has 25 heavy (non-hydrogen) atoms. The first-order valence-corrected chi connectivity index (χ1v) is 9.11. The van der Waals surface area contributed by atoms with Gasteiger partial charge in [-0.3, -0.25) is 9.89 Å². The number of hydrogen-bond donors (Lipinski definition) is 2. The Balaban J connectivity index is 1.97. The van der Waals surface area contributed by atoms with Crippen molar-refractivity contribution in [2.75, 3.05) is 12.4 Å². The normalized spacial score (nSPS) is 14.9. The van der Waals surface area contributed by atoms with Crippen LogP contribution in [0.4, 0.5) is 5.69 Å². The van der Waals surface area contributed by atoms with Crippen molar-refractivity contribution < 1.29 is 9.53 Å². The Kier molecular flexibility index (Phi) is 5.41. The van der Waals surface area contributed by atoms with Crippen LogP contribution in [0.2, 0.25) is 0 Å². The van der Waals surface area contributed by atoms with E-state index in [0.29, 0.717) is 5.92 Å². The van der Waals surface area contributed by atoms with Crippen molar-refractivity contribution in [1.82, 2.24) is 10.2 Å². The quantitative estimate of drug-likeness (QED) is 0.817. The van der Waals surface area contributed by atoms with Gasteiger partial charge in [-0.2, -0.15) is 5.10 Å². The van der Waals surface area contributed by atoms with Crippen molar-refractivity contribution in [3.63, 3.8) is 0 Å². The molecule has 1 saturated carbocycles. The monoisotopic (exact) mass is 341 g/mol. The third-order valence-corrected chi connectivity index (χ3v) is 4.79. The molecule has 1 aromatic carbocycles. The van der Waals surface area contributed by atoms with Gasteiger partial charge in [0.2, 0.25) is 5.91 Å². The molecule has 1 amide bonds. The first kappa shape index (κ1) is 17.5. The highest BCUT2D eigenvalue weighted by Crippen LogP contribution is 2.36. The highest BCUT2D eigenvalue weighted by Gasteiger charge is 2.26. The summed E-state index contributed by atoms with van der Waals surface area (Å²) in [6.07, 6.45) is 5.08. The fourth-order valence-electron chi connectivity index (χ4n) is 3.52. The molecule has 0 saturated heterocycles. The molecule has 1 aliphatic rings. The first-order valence-electron chi connectivity index (χ1n) is 9.11. The van der Waals surface area contributed by atoms with Crippen LogP contribution >= 0.6 is 0 Å². The minimum absolute atomic E-state index is 0.111. The van der Waals surface area contributed by atoms with Crippen LogP contribution in [-0.4, -0.2) is 23.2 Å². The zero-order valence-electron chi connectivity index (χ0n) is 15.3. The largest absolute Gasteiger partial charge is 0.496 e. The number of carbonyl (C=O) groups excluding carboxylic acids is 1. The lowest BCUT2D eigenvalue weighted by Crippen LogP contribution is -2.21. The van der Waals surface area contributed by atoms with Crippen molar-refractivity contribution in [3.05, 3.63) is 30.0 Å². The number of aromatic nitrogens is 2. The average molecular weight is 341 g/mol. The van der Waals surface area contributed by atoms with Gasteiger partial charge in [0.15, 0.2) is 0 Å². The van der Waals surface area contributed by atoms with Gasteiger partial charge in [0.05, 0.1) is 18.5 Å². The van der Waals surface area contributed by atoms with Gasteiger partial charge < -0.3 is 10.1 Å². The van der Waals surface area contributed by atoms with Crippen LogP contribution in [0.1, 0.15) is 45.2 Å². The average Bonchev–Trinajstić information content (AvgIpc) is 3.25. The van der Waals surface area contributed by atoms with E-state index < -0.39 is 0 Å². The molecule has 1 aliphatic carbocycles. The summed E-state index contributed by atoms with van der Waals surface area (Å²) in [4.78, 5) is 12.7. The number of methoxy groups -OCH3 is 1. The second kappa shape index (κ2) is 7.72. The van der Waals surface area contributed by atoms with E-state index >= 15 is 0 Å². The van der Waals surface area contributed by atoms with E-state index in [9.17, 15) is 4.79 Å². The van der Waals surface area contributed by atoms with E-state index in [-0.39, 0.29) is 11.8 Å². The predicted molar refractivity (Wildman–Crippen MR) is 99.7 cm³/mol. The second-order valence-electron chi connectivity index (χ2n) is 7.19. The maximum Gasteiger partial charge on any atom is 0.227 e. The highest BCUT2D eigenvalue weighted by atomic mass is 16.5. The van der Waals surface area contributed by atoms with Gasteiger partial charge in [0.25, 0.3) is 0 Å². The molecule has 0 radical (unpaired) electrons. The Hall–Kier alpha value is -2.30. The number of para-hydroxylation sites is 1. The Morgan fingerprint density at radius 2 is 2.04 bits per heavy atom. The van der Waals surface area contributed by atoms with Crippen LogP contribution in [0.3, 0.4) is 0 Å². The van der Waals surface area contributed by atoms with Crippen LogP contribution in [0.15, 0.2) is 24.3 Å². The van der Waals surface area contributed by atoms with Gasteiger partial charge in [0, 0.05) is 11.5 Å². The van der Waals surface area contributed by atoms with Gasteiger partial charge >= 0.3 is 0 Å². The molecule has 2 N–H and O–H groups in total. The van der Waals surface area contributed by atoms with Crippen molar-refractivity contribution in [2.45, 2.75) is 46.0 Å². The smallest absolute Gasteiger partial charge is 0.227 e. The summed E-state index contributed by atoms with van der Waals surface area (Å²) in [5, 5.41) is 10.8.